The Labute approximate surface area is 174 Å². The molecule has 0 aromatic heterocycles. The number of carbonyl (C=O) groups is 2. The summed E-state index contributed by atoms with van der Waals surface area (Å²) in [6.07, 6.45) is 7.98. The molecule has 2 heterocycles. The number of hydrogen-bond acceptors (Lipinski definition) is 4. The van der Waals surface area contributed by atoms with E-state index >= 15 is 0 Å². The first-order chi connectivity index (χ1) is 13.2. The van der Waals surface area contributed by atoms with Crippen LogP contribution in [0.15, 0.2) is 24.3 Å². The highest BCUT2D eigenvalue weighted by Gasteiger charge is 2.20. The maximum atomic E-state index is 12.3. The van der Waals surface area contributed by atoms with E-state index in [0.717, 1.165) is 50.4 Å². The zero-order chi connectivity index (χ0) is 18.9. The first-order valence-corrected chi connectivity index (χ1v) is 10.3. The standard InChI is InChI=1S/C21H32N4O2.ClH/c26-20(16-25-14-4-2-1-3-5-15-25)23-18-6-8-19(9-7-18)24-21(27)17-10-12-22-13-11-17;/h6-9,17,22H,1-5,10-16H2,(H,23,26)(H,24,27);1H. The molecule has 0 spiro atoms. The average molecular weight is 409 g/mol. The zero-order valence-corrected chi connectivity index (χ0v) is 17.4. The number of nitrogens with zero attached hydrogens (tertiary/aromatic N) is 1. The monoisotopic (exact) mass is 408 g/mol. The van der Waals surface area contributed by atoms with Gasteiger partial charge in [-0.25, -0.2) is 0 Å². The number of nitrogens with one attached hydrogen (secondary N) is 3. The van der Waals surface area contributed by atoms with Crippen molar-refractivity contribution in [3.8, 4) is 0 Å². The number of piperidine rings is 1. The van der Waals surface area contributed by atoms with Gasteiger partial charge in [0.05, 0.1) is 6.54 Å². The molecule has 6 nitrogen and oxygen atoms in total. The minimum Gasteiger partial charge on any atom is -0.326 e. The molecule has 3 rings (SSSR count). The number of anilines is 2. The molecule has 0 unspecified atom stereocenters. The predicted molar refractivity (Wildman–Crippen MR) is 116 cm³/mol. The Kier molecular flexibility index (Phi) is 9.75. The van der Waals surface area contributed by atoms with E-state index in [9.17, 15) is 9.59 Å². The molecule has 2 fully saturated rings. The van der Waals surface area contributed by atoms with Gasteiger partial charge in [-0.05, 0) is 76.1 Å². The van der Waals surface area contributed by atoms with Crippen molar-refractivity contribution >= 4 is 35.6 Å². The fourth-order valence-corrected chi connectivity index (χ4v) is 3.84. The third kappa shape index (κ3) is 7.41. The van der Waals surface area contributed by atoms with Crippen LogP contribution < -0.4 is 16.0 Å². The Balaban J connectivity index is 0.00000280. The van der Waals surface area contributed by atoms with Crippen molar-refractivity contribution in [1.29, 1.82) is 0 Å². The molecule has 0 saturated carbocycles. The highest BCUT2D eigenvalue weighted by Crippen LogP contribution is 2.18. The van der Waals surface area contributed by atoms with Crippen LogP contribution in [-0.2, 0) is 9.59 Å². The second-order valence-corrected chi connectivity index (χ2v) is 7.68. The fourth-order valence-electron chi connectivity index (χ4n) is 3.84. The summed E-state index contributed by atoms with van der Waals surface area (Å²) in [6.45, 7) is 4.28. The van der Waals surface area contributed by atoms with Crippen molar-refractivity contribution in [2.75, 3.05) is 43.4 Å². The van der Waals surface area contributed by atoms with Gasteiger partial charge in [0.25, 0.3) is 0 Å². The number of carbonyl (C=O) groups excluding carboxylic acids is 2. The second kappa shape index (κ2) is 12.0. The van der Waals surface area contributed by atoms with Crippen molar-refractivity contribution in [2.24, 2.45) is 5.92 Å². The molecule has 0 radical (unpaired) electrons. The number of rotatable bonds is 5. The topological polar surface area (TPSA) is 73.5 Å². The number of amides is 2. The molecule has 2 aliphatic heterocycles. The summed E-state index contributed by atoms with van der Waals surface area (Å²) in [6, 6.07) is 7.40. The van der Waals surface area contributed by atoms with E-state index < -0.39 is 0 Å². The molecule has 7 heteroatoms. The van der Waals surface area contributed by atoms with Crippen LogP contribution in [0.25, 0.3) is 0 Å². The number of hydrogen-bond donors (Lipinski definition) is 3. The molecule has 3 N–H and O–H groups in total. The van der Waals surface area contributed by atoms with Crippen LogP contribution in [-0.4, -0.2) is 49.4 Å². The molecule has 1 aromatic rings. The minimum atomic E-state index is 0. The maximum Gasteiger partial charge on any atom is 0.238 e. The fraction of sp³-hybridized carbons (Fsp3) is 0.619. The maximum absolute atomic E-state index is 12.3. The summed E-state index contributed by atoms with van der Waals surface area (Å²) in [4.78, 5) is 26.9. The highest BCUT2D eigenvalue weighted by atomic mass is 35.5. The van der Waals surface area contributed by atoms with Gasteiger partial charge in [-0.2, -0.15) is 0 Å². The van der Waals surface area contributed by atoms with E-state index in [0.29, 0.717) is 6.54 Å². The van der Waals surface area contributed by atoms with Gasteiger partial charge in [0.1, 0.15) is 0 Å². The molecule has 28 heavy (non-hydrogen) atoms. The van der Waals surface area contributed by atoms with Crippen molar-refractivity contribution in [3.05, 3.63) is 24.3 Å². The summed E-state index contributed by atoms with van der Waals surface area (Å²) in [5.41, 5.74) is 1.55. The molecule has 0 bridgehead atoms. The van der Waals surface area contributed by atoms with E-state index in [1.54, 1.807) is 0 Å². The largest absolute Gasteiger partial charge is 0.326 e. The van der Waals surface area contributed by atoms with Gasteiger partial charge >= 0.3 is 0 Å². The van der Waals surface area contributed by atoms with Gasteiger partial charge in [0.2, 0.25) is 11.8 Å². The summed E-state index contributed by atoms with van der Waals surface area (Å²) in [5, 5.41) is 9.22. The lowest BCUT2D eigenvalue weighted by Gasteiger charge is -2.23. The molecule has 2 saturated heterocycles. The van der Waals surface area contributed by atoms with Gasteiger partial charge in [-0.3, -0.25) is 14.5 Å². The first-order valence-electron chi connectivity index (χ1n) is 10.3. The van der Waals surface area contributed by atoms with Gasteiger partial charge < -0.3 is 16.0 Å². The molecule has 156 valence electrons. The summed E-state index contributed by atoms with van der Waals surface area (Å²) >= 11 is 0. The molecule has 1 aromatic carbocycles. The smallest absolute Gasteiger partial charge is 0.238 e. The lowest BCUT2D eigenvalue weighted by Crippen LogP contribution is -2.35. The van der Waals surface area contributed by atoms with E-state index in [4.69, 9.17) is 0 Å². The number of halogens is 1. The lowest BCUT2D eigenvalue weighted by atomic mass is 9.97. The highest BCUT2D eigenvalue weighted by molar-refractivity contribution is 5.94. The van der Waals surface area contributed by atoms with Crippen molar-refractivity contribution in [3.63, 3.8) is 0 Å². The van der Waals surface area contributed by atoms with Gasteiger partial charge in [-0.15, -0.1) is 12.4 Å². The van der Waals surface area contributed by atoms with Crippen LogP contribution in [0.5, 0.6) is 0 Å². The number of benzene rings is 1. The normalized spacial score (nSPS) is 19.0. The zero-order valence-electron chi connectivity index (χ0n) is 16.5. The Morgan fingerprint density at radius 1 is 0.893 bits per heavy atom. The van der Waals surface area contributed by atoms with Crippen LogP contribution in [0.4, 0.5) is 11.4 Å². The summed E-state index contributed by atoms with van der Waals surface area (Å²) in [7, 11) is 0. The van der Waals surface area contributed by atoms with Crippen LogP contribution >= 0.6 is 12.4 Å². The Bertz CT molecular complexity index is 609. The molecule has 2 amide bonds. The van der Waals surface area contributed by atoms with Crippen molar-refractivity contribution in [2.45, 2.75) is 44.9 Å². The van der Waals surface area contributed by atoms with Crippen molar-refractivity contribution < 1.29 is 9.59 Å². The third-order valence-electron chi connectivity index (χ3n) is 5.46. The quantitative estimate of drug-likeness (QED) is 0.699. The SMILES string of the molecule is Cl.O=C(CN1CCCCCCC1)Nc1ccc(NC(=O)C2CCNCC2)cc1. The van der Waals surface area contributed by atoms with Crippen LogP contribution in [0, 0.1) is 5.92 Å². The molecule has 2 aliphatic rings. The minimum absolute atomic E-state index is 0. The third-order valence-corrected chi connectivity index (χ3v) is 5.46. The van der Waals surface area contributed by atoms with E-state index in [1.165, 1.54) is 32.1 Å². The molecule has 0 atom stereocenters. The Morgan fingerprint density at radius 3 is 2.04 bits per heavy atom. The second-order valence-electron chi connectivity index (χ2n) is 7.68. The van der Waals surface area contributed by atoms with Crippen LogP contribution in [0.1, 0.15) is 44.9 Å². The predicted octanol–water partition coefficient (Wildman–Crippen LogP) is 3.25. The first kappa shape index (κ1) is 22.7. The summed E-state index contributed by atoms with van der Waals surface area (Å²) in [5.74, 6) is 0.205. The van der Waals surface area contributed by atoms with Crippen molar-refractivity contribution in [1.82, 2.24) is 10.2 Å². The molecular formula is C21H33ClN4O2. The van der Waals surface area contributed by atoms with E-state index in [1.807, 2.05) is 24.3 Å². The van der Waals surface area contributed by atoms with Crippen LogP contribution in [0.3, 0.4) is 0 Å². The van der Waals surface area contributed by atoms with Gasteiger partial charge in [-0.1, -0.05) is 19.3 Å². The van der Waals surface area contributed by atoms with Gasteiger partial charge in [0.15, 0.2) is 0 Å². The Morgan fingerprint density at radius 2 is 1.43 bits per heavy atom. The number of likely N-dealkylation sites (tertiary alicyclic amines) is 1. The average Bonchev–Trinajstić information content (AvgIpc) is 2.66. The van der Waals surface area contributed by atoms with Crippen LogP contribution in [0.2, 0.25) is 0 Å². The van der Waals surface area contributed by atoms with E-state index in [-0.39, 0.29) is 30.1 Å². The molecular weight excluding hydrogens is 376 g/mol. The van der Waals surface area contributed by atoms with E-state index in [2.05, 4.69) is 20.9 Å². The summed E-state index contributed by atoms with van der Waals surface area (Å²) < 4.78 is 0. The lowest BCUT2D eigenvalue weighted by molar-refractivity contribution is -0.120. The Hall–Kier alpha value is -1.63. The van der Waals surface area contributed by atoms with Gasteiger partial charge in [0, 0.05) is 17.3 Å². The molecule has 0 aliphatic carbocycles.